The Bertz CT molecular complexity index is 268. The van der Waals surface area contributed by atoms with Crippen molar-refractivity contribution in [3.8, 4) is 0 Å². The fraction of sp³-hybridized carbons (Fsp3) is 0.800. The minimum Gasteiger partial charge on any atom is -0.458 e. The van der Waals surface area contributed by atoms with Crippen molar-refractivity contribution in [3.05, 3.63) is 0 Å². The van der Waals surface area contributed by atoms with Crippen molar-refractivity contribution in [3.63, 3.8) is 0 Å². The van der Waals surface area contributed by atoms with E-state index in [1.165, 1.54) is 0 Å². The highest BCUT2D eigenvalue weighted by atomic mass is 32.2. The average molecular weight is 233 g/mol. The molecule has 0 saturated carbocycles. The summed E-state index contributed by atoms with van der Waals surface area (Å²) in [7, 11) is -1.41. The largest absolute Gasteiger partial charge is 0.458 e. The van der Waals surface area contributed by atoms with Gasteiger partial charge in [-0.3, -0.25) is 0 Å². The van der Waals surface area contributed by atoms with Crippen LogP contribution in [0, 0.1) is 0 Å². The monoisotopic (exact) mass is 233 g/mol. The number of nitrogens with zero attached hydrogens (tertiary/aromatic N) is 1. The Morgan fingerprint density at radius 1 is 1.53 bits per heavy atom. The van der Waals surface area contributed by atoms with Gasteiger partial charge in [0.2, 0.25) is 0 Å². The molecule has 0 fully saturated rings. The molecular weight excluding hydrogens is 214 g/mol. The van der Waals surface area contributed by atoms with Crippen LogP contribution < -0.4 is 0 Å². The van der Waals surface area contributed by atoms with Gasteiger partial charge >= 0.3 is 5.97 Å². The van der Waals surface area contributed by atoms with Crippen LogP contribution in [0.15, 0.2) is 4.40 Å². The van der Waals surface area contributed by atoms with Gasteiger partial charge in [0.25, 0.3) is 0 Å². The molecule has 5 heteroatoms. The molecule has 0 rings (SSSR count). The predicted octanol–water partition coefficient (Wildman–Crippen LogP) is 1.86. The molecule has 0 aromatic rings. The molecule has 0 radical (unpaired) electrons. The SMILES string of the molecule is CCC(C)OC(=O)/C=N/[S@@](=O)C(C)(C)C. The van der Waals surface area contributed by atoms with E-state index in [4.69, 9.17) is 4.74 Å². The summed E-state index contributed by atoms with van der Waals surface area (Å²) >= 11 is 0. The molecular formula is C10H19NO3S. The van der Waals surface area contributed by atoms with Crippen molar-refractivity contribution in [2.75, 3.05) is 0 Å². The zero-order valence-corrected chi connectivity index (χ0v) is 10.8. The predicted molar refractivity (Wildman–Crippen MR) is 62.2 cm³/mol. The van der Waals surface area contributed by atoms with E-state index in [9.17, 15) is 9.00 Å². The van der Waals surface area contributed by atoms with Gasteiger partial charge in [-0.15, -0.1) is 0 Å². The third-order valence-corrected chi connectivity index (χ3v) is 3.01. The van der Waals surface area contributed by atoms with Crippen molar-refractivity contribution in [1.29, 1.82) is 0 Å². The molecule has 0 aromatic heterocycles. The Kier molecular flexibility index (Phi) is 5.72. The summed E-state index contributed by atoms with van der Waals surface area (Å²) < 4.78 is 19.6. The first-order valence-corrected chi connectivity index (χ1v) is 6.04. The number of hydrogen-bond donors (Lipinski definition) is 0. The lowest BCUT2D eigenvalue weighted by Gasteiger charge is -2.12. The highest BCUT2D eigenvalue weighted by Crippen LogP contribution is 2.11. The maximum Gasteiger partial charge on any atom is 0.350 e. The molecule has 0 aromatic carbocycles. The van der Waals surface area contributed by atoms with E-state index in [-0.39, 0.29) is 6.10 Å². The maximum atomic E-state index is 11.4. The number of rotatable bonds is 4. The topological polar surface area (TPSA) is 55.7 Å². The second-order valence-corrected chi connectivity index (χ2v) is 6.19. The van der Waals surface area contributed by atoms with Crippen LogP contribution in [0.2, 0.25) is 0 Å². The molecule has 0 aliphatic heterocycles. The van der Waals surface area contributed by atoms with Gasteiger partial charge in [-0.05, 0) is 34.1 Å². The third-order valence-electron chi connectivity index (χ3n) is 1.67. The van der Waals surface area contributed by atoms with E-state index in [0.29, 0.717) is 0 Å². The Morgan fingerprint density at radius 3 is 2.47 bits per heavy atom. The van der Waals surface area contributed by atoms with Crippen LogP contribution in [-0.4, -0.2) is 27.2 Å². The Hall–Kier alpha value is -0.710. The van der Waals surface area contributed by atoms with Gasteiger partial charge < -0.3 is 4.74 Å². The summed E-state index contributed by atoms with van der Waals surface area (Å²) in [5, 5.41) is 0. The Morgan fingerprint density at radius 2 is 2.07 bits per heavy atom. The van der Waals surface area contributed by atoms with Crippen molar-refractivity contribution in [2.24, 2.45) is 4.40 Å². The number of carbonyl (C=O) groups excluding carboxylic acids is 1. The van der Waals surface area contributed by atoms with Gasteiger partial charge in [0, 0.05) is 0 Å². The number of carbonyl (C=O) groups is 1. The second kappa shape index (κ2) is 6.00. The number of esters is 1. The molecule has 0 heterocycles. The highest BCUT2D eigenvalue weighted by molar-refractivity contribution is 7.85. The highest BCUT2D eigenvalue weighted by Gasteiger charge is 2.18. The van der Waals surface area contributed by atoms with Crippen molar-refractivity contribution in [1.82, 2.24) is 0 Å². The molecule has 88 valence electrons. The van der Waals surface area contributed by atoms with E-state index >= 15 is 0 Å². The average Bonchev–Trinajstić information content (AvgIpc) is 2.12. The van der Waals surface area contributed by atoms with Gasteiger partial charge in [0.05, 0.1) is 10.9 Å². The summed E-state index contributed by atoms with van der Waals surface area (Å²) in [6.07, 6.45) is 1.61. The lowest BCUT2D eigenvalue weighted by molar-refractivity contribution is -0.139. The third kappa shape index (κ3) is 6.38. The standard InChI is InChI=1S/C10H19NO3S/c1-6-8(2)14-9(12)7-11-15(13)10(3,4)5/h7-8H,6H2,1-5H3/b11-7+/t8?,15-/m0/s1. The molecule has 0 saturated heterocycles. The molecule has 0 aliphatic carbocycles. The lowest BCUT2D eigenvalue weighted by Crippen LogP contribution is -2.21. The number of ether oxygens (including phenoxy) is 1. The Balaban J connectivity index is 4.19. The molecule has 2 atom stereocenters. The Labute approximate surface area is 93.7 Å². The van der Waals surface area contributed by atoms with E-state index in [0.717, 1.165) is 12.6 Å². The fourth-order valence-electron chi connectivity index (χ4n) is 0.561. The fourth-order valence-corrected chi connectivity index (χ4v) is 1.06. The second-order valence-electron chi connectivity index (χ2n) is 4.25. The van der Waals surface area contributed by atoms with E-state index < -0.39 is 21.7 Å². The van der Waals surface area contributed by atoms with Gasteiger partial charge in [-0.1, -0.05) is 6.92 Å². The van der Waals surface area contributed by atoms with E-state index in [2.05, 4.69) is 4.40 Å². The quantitative estimate of drug-likeness (QED) is 0.550. The molecule has 15 heavy (non-hydrogen) atoms. The summed E-state index contributed by atoms with van der Waals surface area (Å²) in [6.45, 7) is 9.09. The molecule has 0 amide bonds. The van der Waals surface area contributed by atoms with E-state index in [1.807, 2.05) is 6.92 Å². The molecule has 0 aliphatic rings. The van der Waals surface area contributed by atoms with Crippen LogP contribution in [-0.2, 0) is 20.5 Å². The minimum atomic E-state index is -1.41. The normalized spacial score (nSPS) is 16.3. The van der Waals surface area contributed by atoms with Crippen LogP contribution in [0.4, 0.5) is 0 Å². The number of hydrogen-bond acceptors (Lipinski definition) is 3. The molecule has 0 spiro atoms. The van der Waals surface area contributed by atoms with Crippen LogP contribution in [0.3, 0.4) is 0 Å². The molecule has 0 bridgehead atoms. The minimum absolute atomic E-state index is 0.132. The van der Waals surface area contributed by atoms with Crippen molar-refractivity contribution >= 4 is 23.2 Å². The maximum absolute atomic E-state index is 11.4. The molecule has 4 nitrogen and oxygen atoms in total. The summed E-state index contributed by atoms with van der Waals surface area (Å²) in [5.74, 6) is -0.540. The van der Waals surface area contributed by atoms with Gasteiger partial charge in [-0.2, -0.15) is 4.40 Å². The van der Waals surface area contributed by atoms with Gasteiger partial charge in [0.1, 0.15) is 17.2 Å². The van der Waals surface area contributed by atoms with Crippen molar-refractivity contribution < 1.29 is 13.7 Å². The summed E-state index contributed by atoms with van der Waals surface area (Å²) in [4.78, 5) is 11.1. The van der Waals surface area contributed by atoms with E-state index in [1.54, 1.807) is 27.7 Å². The first-order chi connectivity index (χ1) is 6.77. The lowest BCUT2D eigenvalue weighted by atomic mass is 10.3. The van der Waals surface area contributed by atoms with Crippen LogP contribution in [0.5, 0.6) is 0 Å². The summed E-state index contributed by atoms with van der Waals surface area (Å²) in [6, 6.07) is 0. The van der Waals surface area contributed by atoms with Gasteiger partial charge in [-0.25, -0.2) is 9.00 Å². The van der Waals surface area contributed by atoms with Crippen molar-refractivity contribution in [2.45, 2.75) is 51.9 Å². The summed E-state index contributed by atoms with van der Waals surface area (Å²) in [5.41, 5.74) is 0. The van der Waals surface area contributed by atoms with Crippen LogP contribution >= 0.6 is 0 Å². The van der Waals surface area contributed by atoms with Crippen LogP contribution in [0.25, 0.3) is 0 Å². The first kappa shape index (κ1) is 14.3. The zero-order chi connectivity index (χ0) is 12.1. The zero-order valence-electron chi connectivity index (χ0n) is 9.94. The van der Waals surface area contributed by atoms with Gasteiger partial charge in [0.15, 0.2) is 0 Å². The molecule has 0 N–H and O–H groups in total. The first-order valence-electron chi connectivity index (χ1n) is 4.94. The van der Waals surface area contributed by atoms with Crippen LogP contribution in [0.1, 0.15) is 41.0 Å². The molecule has 1 unspecified atom stereocenters. The smallest absolute Gasteiger partial charge is 0.350 e.